The number of para-hydroxylation sites is 1. The number of amides is 1. The first-order valence-corrected chi connectivity index (χ1v) is 12.4. The number of esters is 1. The highest BCUT2D eigenvalue weighted by molar-refractivity contribution is 7.52. The number of aromatic nitrogens is 2. The van der Waals surface area contributed by atoms with Gasteiger partial charge in [-0.05, 0) is 32.9 Å². The summed E-state index contributed by atoms with van der Waals surface area (Å²) in [5, 5.41) is 23.1. The van der Waals surface area contributed by atoms with Gasteiger partial charge >= 0.3 is 13.7 Å². The fourth-order valence-electron chi connectivity index (χ4n) is 3.32. The largest absolute Gasteiger partial charge is 0.493 e. The summed E-state index contributed by atoms with van der Waals surface area (Å²) in [6.07, 6.45) is -2.19. The molecule has 14 heteroatoms. The van der Waals surface area contributed by atoms with E-state index < -0.39 is 50.0 Å². The highest BCUT2D eigenvalue weighted by Gasteiger charge is 2.40. The van der Waals surface area contributed by atoms with Crippen molar-refractivity contribution in [3.8, 4) is 11.6 Å². The highest BCUT2D eigenvalue weighted by atomic mass is 31.2. The summed E-state index contributed by atoms with van der Waals surface area (Å²) in [5.74, 6) is -1.90. The van der Waals surface area contributed by atoms with Gasteiger partial charge in [0.15, 0.2) is 11.9 Å². The Bertz CT molecular complexity index is 1080. The molecule has 35 heavy (non-hydrogen) atoms. The molecular formula is C21H29N4O9P. The minimum atomic E-state index is -4.12. The van der Waals surface area contributed by atoms with E-state index in [4.69, 9.17) is 24.3 Å². The Kier molecular flexibility index (Phi) is 8.51. The Labute approximate surface area is 201 Å². The molecule has 0 radical (unpaired) electrons. The van der Waals surface area contributed by atoms with Crippen LogP contribution in [0.1, 0.15) is 43.9 Å². The zero-order chi connectivity index (χ0) is 25.8. The highest BCUT2D eigenvalue weighted by Crippen LogP contribution is 2.46. The molecule has 0 spiro atoms. The van der Waals surface area contributed by atoms with Gasteiger partial charge in [-0.3, -0.25) is 18.7 Å². The average Bonchev–Trinajstić information content (AvgIpc) is 3.34. The van der Waals surface area contributed by atoms with Crippen LogP contribution in [0, 0.1) is 0 Å². The number of primary amides is 1. The summed E-state index contributed by atoms with van der Waals surface area (Å²) in [6.45, 7) is 4.53. The second-order valence-electron chi connectivity index (χ2n) is 8.17. The number of nitrogens with two attached hydrogens (primary N) is 1. The van der Waals surface area contributed by atoms with Gasteiger partial charge in [0.05, 0.1) is 18.8 Å². The third-order valence-corrected chi connectivity index (χ3v) is 6.54. The normalized spacial score (nSPS) is 22.5. The molecule has 0 bridgehead atoms. The van der Waals surface area contributed by atoms with E-state index in [1.165, 1.54) is 6.92 Å². The number of carbonyl (C=O) groups is 2. The Morgan fingerprint density at radius 2 is 2.00 bits per heavy atom. The van der Waals surface area contributed by atoms with Gasteiger partial charge in [0.25, 0.3) is 5.91 Å². The van der Waals surface area contributed by atoms with Crippen molar-refractivity contribution in [1.29, 1.82) is 0 Å². The van der Waals surface area contributed by atoms with Crippen LogP contribution >= 0.6 is 7.75 Å². The minimum Gasteiger partial charge on any atom is -0.493 e. The van der Waals surface area contributed by atoms with Gasteiger partial charge in [0.1, 0.15) is 24.2 Å². The van der Waals surface area contributed by atoms with Crippen LogP contribution in [0.2, 0.25) is 0 Å². The standard InChI is InChI=1S/C21H29N4O9P/c1-12(2)32-21(29)13(3)24-35(30,34-14-7-5-4-6-8-14)31-10-15-9-16(26)20(33-15)25-11-23-17(18(22)27)19(25)28/h4-8,11-13,15-16,20,26,28H,9-10H2,1-3H3,(H2,22,27)(H,24,30)/t13?,15-,16+,20+,35?/m0/s1. The number of aliphatic hydroxyl groups is 1. The Hall–Kier alpha value is -2.96. The minimum absolute atomic E-state index is 0.0461. The van der Waals surface area contributed by atoms with E-state index in [9.17, 15) is 24.4 Å². The fourth-order valence-corrected chi connectivity index (χ4v) is 4.84. The number of nitrogens with zero attached hydrogens (tertiary/aromatic N) is 2. The van der Waals surface area contributed by atoms with Crippen LogP contribution < -0.4 is 15.3 Å². The Morgan fingerprint density at radius 3 is 2.60 bits per heavy atom. The maximum absolute atomic E-state index is 13.5. The molecule has 0 aliphatic carbocycles. The number of nitrogens with one attached hydrogen (secondary N) is 1. The third kappa shape index (κ3) is 6.80. The molecule has 1 aliphatic rings. The van der Waals surface area contributed by atoms with Crippen LogP contribution in [0.3, 0.4) is 0 Å². The lowest BCUT2D eigenvalue weighted by molar-refractivity contribution is -0.149. The van der Waals surface area contributed by atoms with E-state index in [1.807, 2.05) is 0 Å². The van der Waals surface area contributed by atoms with Gasteiger partial charge in [-0.2, -0.15) is 5.09 Å². The second-order valence-corrected chi connectivity index (χ2v) is 9.87. The van der Waals surface area contributed by atoms with E-state index in [1.54, 1.807) is 44.2 Å². The van der Waals surface area contributed by atoms with Gasteiger partial charge in [-0.1, -0.05) is 18.2 Å². The quantitative estimate of drug-likeness (QED) is 0.252. The molecule has 1 aromatic carbocycles. The molecule has 1 fully saturated rings. The van der Waals surface area contributed by atoms with Gasteiger partial charge in [-0.25, -0.2) is 9.55 Å². The lowest BCUT2D eigenvalue weighted by Gasteiger charge is -2.24. The second kappa shape index (κ2) is 11.2. The van der Waals surface area contributed by atoms with E-state index in [-0.39, 0.29) is 30.6 Å². The van der Waals surface area contributed by atoms with E-state index >= 15 is 0 Å². The van der Waals surface area contributed by atoms with E-state index in [0.29, 0.717) is 0 Å². The summed E-state index contributed by atoms with van der Waals surface area (Å²) in [6, 6.07) is 7.21. The van der Waals surface area contributed by atoms with Crippen molar-refractivity contribution in [3.63, 3.8) is 0 Å². The molecular weight excluding hydrogens is 483 g/mol. The molecule has 13 nitrogen and oxygen atoms in total. The molecule has 5 atom stereocenters. The van der Waals surface area contributed by atoms with Crippen molar-refractivity contribution in [2.45, 2.75) is 57.8 Å². The maximum atomic E-state index is 13.5. The van der Waals surface area contributed by atoms with Crippen LogP contribution in [-0.4, -0.2) is 62.6 Å². The van der Waals surface area contributed by atoms with Crippen LogP contribution in [-0.2, 0) is 23.4 Å². The number of hydrogen-bond donors (Lipinski definition) is 4. The molecule has 2 aromatic rings. The number of benzene rings is 1. The first-order chi connectivity index (χ1) is 16.5. The molecule has 5 N–H and O–H groups in total. The number of aliphatic hydroxyl groups excluding tert-OH is 1. The molecule has 3 rings (SSSR count). The van der Waals surface area contributed by atoms with Crippen LogP contribution in [0.5, 0.6) is 11.6 Å². The smallest absolute Gasteiger partial charge is 0.459 e. The summed E-state index contributed by atoms with van der Waals surface area (Å²) < 4.78 is 36.6. The predicted octanol–water partition coefficient (Wildman–Crippen LogP) is 1.47. The molecule has 192 valence electrons. The van der Waals surface area contributed by atoms with Gasteiger partial charge in [0.2, 0.25) is 5.88 Å². The number of carbonyl (C=O) groups excluding carboxylic acids is 2. The molecule has 2 unspecified atom stereocenters. The van der Waals surface area contributed by atoms with Gasteiger partial charge in [0, 0.05) is 6.42 Å². The van der Waals surface area contributed by atoms with E-state index in [2.05, 4.69) is 10.1 Å². The lowest BCUT2D eigenvalue weighted by Crippen LogP contribution is -2.36. The first kappa shape index (κ1) is 26.6. The zero-order valence-electron chi connectivity index (χ0n) is 19.4. The van der Waals surface area contributed by atoms with Gasteiger partial charge in [-0.15, -0.1) is 0 Å². The van der Waals surface area contributed by atoms with Crippen molar-refractivity contribution < 1.29 is 42.9 Å². The third-order valence-electron chi connectivity index (χ3n) is 4.90. The monoisotopic (exact) mass is 512 g/mol. The van der Waals surface area contributed by atoms with Crippen molar-refractivity contribution in [3.05, 3.63) is 42.4 Å². The van der Waals surface area contributed by atoms with Crippen molar-refractivity contribution in [2.75, 3.05) is 6.61 Å². The predicted molar refractivity (Wildman–Crippen MR) is 121 cm³/mol. The van der Waals surface area contributed by atoms with Crippen LogP contribution in [0.25, 0.3) is 0 Å². The number of ether oxygens (including phenoxy) is 2. The SMILES string of the molecule is CC(C)OC(=O)C(C)NP(=O)(OC[C@@H]1C[C@@H](O)[C@H](n2cnc(C(N)=O)c2O)O1)Oc1ccccc1. The molecule has 1 aliphatic heterocycles. The molecule has 1 amide bonds. The molecule has 0 saturated carbocycles. The average molecular weight is 512 g/mol. The summed E-state index contributed by atoms with van der Waals surface area (Å²) in [7, 11) is -4.12. The fraction of sp³-hybridized carbons (Fsp3) is 0.476. The summed E-state index contributed by atoms with van der Waals surface area (Å²) >= 11 is 0. The van der Waals surface area contributed by atoms with Gasteiger partial charge < -0.3 is 29.9 Å². The number of rotatable bonds is 11. The van der Waals surface area contributed by atoms with Crippen LogP contribution in [0.4, 0.5) is 0 Å². The number of imidazole rings is 1. The van der Waals surface area contributed by atoms with Crippen molar-refractivity contribution in [1.82, 2.24) is 14.6 Å². The first-order valence-electron chi connectivity index (χ1n) is 10.9. The summed E-state index contributed by atoms with van der Waals surface area (Å²) in [5.41, 5.74) is 4.78. The van der Waals surface area contributed by atoms with E-state index in [0.717, 1.165) is 10.9 Å². The lowest BCUT2D eigenvalue weighted by atomic mass is 10.2. The zero-order valence-corrected chi connectivity index (χ0v) is 20.3. The Balaban J connectivity index is 1.70. The molecule has 1 saturated heterocycles. The topological polar surface area (TPSA) is 184 Å². The molecule has 2 heterocycles. The maximum Gasteiger partial charge on any atom is 0.459 e. The molecule has 1 aromatic heterocycles. The Morgan fingerprint density at radius 1 is 1.31 bits per heavy atom. The van der Waals surface area contributed by atoms with Crippen molar-refractivity contribution in [2.24, 2.45) is 5.73 Å². The number of hydrogen-bond acceptors (Lipinski definition) is 10. The number of aromatic hydroxyl groups is 1. The van der Waals surface area contributed by atoms with Crippen LogP contribution in [0.15, 0.2) is 36.7 Å². The van der Waals surface area contributed by atoms with Crippen molar-refractivity contribution >= 4 is 19.6 Å². The summed E-state index contributed by atoms with van der Waals surface area (Å²) in [4.78, 5) is 27.3.